The van der Waals surface area contributed by atoms with Gasteiger partial charge in [0.1, 0.15) is 6.10 Å². The normalized spacial score (nSPS) is 42.3. The largest absolute Gasteiger partial charge is 0.519 e. The summed E-state index contributed by atoms with van der Waals surface area (Å²) in [6.45, 7) is 17.5. The minimum absolute atomic E-state index is 0.0145. The van der Waals surface area contributed by atoms with Gasteiger partial charge in [-0.05, 0) is 111 Å². The zero-order valence-electron chi connectivity index (χ0n) is 31.2. The van der Waals surface area contributed by atoms with Crippen molar-refractivity contribution < 1.29 is 42.6 Å². The number of carboxylic acid groups (broad SMARTS) is 1. The highest BCUT2D eigenvalue weighted by atomic mass is 16.6. The molecule has 2 N–H and O–H groups in total. The number of fused-ring (bicyclic) bond motifs is 7. The molecule has 11 nitrogen and oxygen atoms in total. The Morgan fingerprint density at radius 2 is 1.64 bits per heavy atom. The van der Waals surface area contributed by atoms with Crippen molar-refractivity contribution in [3.63, 3.8) is 0 Å². The topological polar surface area (TPSA) is 162 Å². The number of ether oxygens (including phenoxy) is 2. The van der Waals surface area contributed by atoms with Gasteiger partial charge in [0, 0.05) is 18.8 Å². The first-order chi connectivity index (χ1) is 23.1. The van der Waals surface area contributed by atoms with E-state index in [4.69, 9.17) is 18.3 Å². The van der Waals surface area contributed by atoms with Gasteiger partial charge in [0.25, 0.3) is 0 Å². The van der Waals surface area contributed by atoms with Crippen LogP contribution in [0.25, 0.3) is 0 Å². The highest BCUT2D eigenvalue weighted by Crippen LogP contribution is 2.74. The molecule has 276 valence electrons. The van der Waals surface area contributed by atoms with Crippen LogP contribution in [0.2, 0.25) is 0 Å². The number of carbonyl (C=O) groups excluding carboxylic acids is 3. The van der Waals surface area contributed by atoms with Crippen LogP contribution in [-0.4, -0.2) is 40.6 Å². The van der Waals surface area contributed by atoms with Gasteiger partial charge in [-0.15, -0.1) is 0 Å². The van der Waals surface area contributed by atoms with Gasteiger partial charge in [0.2, 0.25) is 0 Å². The van der Waals surface area contributed by atoms with E-state index in [2.05, 4.69) is 33.0 Å². The molecule has 0 aromatic carbocycles. The monoisotopic (exact) mass is 697 g/mol. The second-order valence-electron chi connectivity index (χ2n) is 18.1. The Balaban J connectivity index is 1.34. The highest BCUT2D eigenvalue weighted by Gasteiger charge is 2.71. The fourth-order valence-corrected chi connectivity index (χ4v) is 11.8. The van der Waals surface area contributed by atoms with Crippen LogP contribution in [0.1, 0.15) is 138 Å². The van der Waals surface area contributed by atoms with E-state index in [1.54, 1.807) is 0 Å². The fraction of sp³-hybridized carbons (Fsp3) is 0.769. The fourth-order valence-electron chi connectivity index (χ4n) is 11.8. The third-order valence-electron chi connectivity index (χ3n) is 14.9. The molecular weight excluding hydrogens is 642 g/mol. The average molecular weight is 698 g/mol. The van der Waals surface area contributed by atoms with E-state index in [0.29, 0.717) is 44.3 Å². The standard InChI is InChI=1S/C39H55NO10/c1-21(2)29-26(49-33(46)50-29)20-47-32(45)40-39(9)27-10-13-38(8)30(36(27,6)12-11-28(39)48-22(3)41)25(42)18-23-24-19-35(5,31(43)44)15-14-34(24,4)16-17-37(23,38)7/h18,21,24,27-28,30H,10-17,19-20H2,1-9H3,(H,40,45)(H,43,44)/t24-,27+,28-,30+,34+,35-,36-,37+,38+,39-/m0/s1. The molecule has 5 aliphatic carbocycles. The van der Waals surface area contributed by atoms with Crippen molar-refractivity contribution in [1.82, 2.24) is 5.32 Å². The molecule has 1 amide bonds. The molecule has 6 rings (SSSR count). The van der Waals surface area contributed by atoms with Crippen LogP contribution < -0.4 is 11.1 Å². The molecule has 50 heavy (non-hydrogen) atoms. The van der Waals surface area contributed by atoms with Crippen molar-refractivity contribution in [3.8, 4) is 0 Å². The number of carboxylic acids is 1. The minimum atomic E-state index is -1.07. The predicted molar refractivity (Wildman–Crippen MR) is 182 cm³/mol. The third kappa shape index (κ3) is 5.30. The molecule has 5 aliphatic rings. The Hall–Kier alpha value is -3.37. The molecule has 0 radical (unpaired) electrons. The first-order valence-corrected chi connectivity index (χ1v) is 18.4. The minimum Gasteiger partial charge on any atom is -0.481 e. The zero-order chi connectivity index (χ0) is 36.8. The molecule has 10 atom stereocenters. The molecular formula is C39H55NO10. The molecule has 1 aromatic rings. The predicted octanol–water partition coefficient (Wildman–Crippen LogP) is 7.31. The van der Waals surface area contributed by atoms with Crippen molar-refractivity contribution in [1.29, 1.82) is 0 Å². The van der Waals surface area contributed by atoms with Crippen LogP contribution in [0, 0.1) is 44.8 Å². The lowest BCUT2D eigenvalue weighted by Gasteiger charge is -2.70. The molecule has 1 aromatic heterocycles. The number of aliphatic carboxylic acids is 1. The number of esters is 1. The van der Waals surface area contributed by atoms with Crippen molar-refractivity contribution in [2.45, 2.75) is 144 Å². The number of carbonyl (C=O) groups is 4. The number of rotatable bonds is 6. The van der Waals surface area contributed by atoms with Crippen LogP contribution in [0.5, 0.6) is 0 Å². The third-order valence-corrected chi connectivity index (χ3v) is 14.9. The van der Waals surface area contributed by atoms with Crippen LogP contribution in [0.15, 0.2) is 25.3 Å². The lowest BCUT2D eigenvalue weighted by atomic mass is 9.34. The van der Waals surface area contributed by atoms with Gasteiger partial charge in [-0.25, -0.2) is 9.59 Å². The highest BCUT2D eigenvalue weighted by molar-refractivity contribution is 5.96. The van der Waals surface area contributed by atoms with E-state index < -0.39 is 51.7 Å². The van der Waals surface area contributed by atoms with Gasteiger partial charge >= 0.3 is 23.9 Å². The summed E-state index contributed by atoms with van der Waals surface area (Å²) in [5.41, 5.74) is -2.08. The van der Waals surface area contributed by atoms with Crippen molar-refractivity contribution in [3.05, 3.63) is 33.8 Å². The number of amides is 1. The maximum absolute atomic E-state index is 14.8. The summed E-state index contributed by atoms with van der Waals surface area (Å²) in [4.78, 5) is 65.0. The Labute approximate surface area is 294 Å². The first kappa shape index (κ1) is 36.4. The lowest BCUT2D eigenvalue weighted by Crippen LogP contribution is -2.72. The maximum atomic E-state index is 14.8. The van der Waals surface area contributed by atoms with Gasteiger partial charge in [-0.2, -0.15) is 0 Å². The summed E-state index contributed by atoms with van der Waals surface area (Å²) in [5.74, 6) is -2.31. The Morgan fingerprint density at radius 3 is 2.28 bits per heavy atom. The molecule has 0 aliphatic heterocycles. The summed E-state index contributed by atoms with van der Waals surface area (Å²) in [5, 5.41) is 13.3. The van der Waals surface area contributed by atoms with Crippen LogP contribution >= 0.6 is 0 Å². The van der Waals surface area contributed by atoms with Crippen LogP contribution in [0.4, 0.5) is 4.79 Å². The van der Waals surface area contributed by atoms with E-state index in [0.717, 1.165) is 24.8 Å². The molecule has 0 bridgehead atoms. The number of allylic oxidation sites excluding steroid dienone is 2. The summed E-state index contributed by atoms with van der Waals surface area (Å²) >= 11 is 0. The average Bonchev–Trinajstić information content (AvgIpc) is 3.40. The molecule has 1 heterocycles. The maximum Gasteiger partial charge on any atom is 0.519 e. The van der Waals surface area contributed by atoms with E-state index in [1.165, 1.54) is 6.92 Å². The molecule has 0 spiro atoms. The van der Waals surface area contributed by atoms with E-state index in [9.17, 15) is 29.1 Å². The van der Waals surface area contributed by atoms with Crippen LogP contribution in [0.3, 0.4) is 0 Å². The molecule has 11 heteroatoms. The van der Waals surface area contributed by atoms with E-state index in [1.807, 2.05) is 33.8 Å². The van der Waals surface area contributed by atoms with Crippen LogP contribution in [-0.2, 0) is 30.5 Å². The van der Waals surface area contributed by atoms with Gasteiger partial charge < -0.3 is 28.7 Å². The van der Waals surface area contributed by atoms with Crippen molar-refractivity contribution >= 4 is 23.8 Å². The molecule has 0 unspecified atom stereocenters. The van der Waals surface area contributed by atoms with Crippen molar-refractivity contribution in [2.75, 3.05) is 0 Å². The van der Waals surface area contributed by atoms with E-state index >= 15 is 0 Å². The lowest BCUT2D eigenvalue weighted by molar-refractivity contribution is -0.200. The SMILES string of the molecule is CC(=O)O[C@H]1CC[C@@]2(C)[C@@H](CC[C@]3(C)[C@@H]2C(=O)C=C2[C@@H]4C[C@@](C)(C(=O)O)CC[C@]4(C)CC[C@]23C)[C@]1(C)NC(=O)OCc1oc(=O)oc1C(C)C. The summed E-state index contributed by atoms with van der Waals surface area (Å²) in [7, 11) is 0. The number of nitrogens with one attached hydrogen (secondary N) is 1. The number of hydrogen-bond donors (Lipinski definition) is 2. The molecule has 0 saturated heterocycles. The first-order valence-electron chi connectivity index (χ1n) is 18.4. The number of ketones is 1. The quantitative estimate of drug-likeness (QED) is 0.288. The molecule has 4 fully saturated rings. The van der Waals surface area contributed by atoms with Gasteiger partial charge in [0.05, 0.1) is 11.0 Å². The Kier molecular flexibility index (Phi) is 8.62. The summed E-state index contributed by atoms with van der Waals surface area (Å²) in [6.07, 6.45) is 6.86. The summed E-state index contributed by atoms with van der Waals surface area (Å²) < 4.78 is 21.8. The molecule has 4 saturated carbocycles. The van der Waals surface area contributed by atoms with Gasteiger partial charge in [-0.1, -0.05) is 47.1 Å². The van der Waals surface area contributed by atoms with Gasteiger partial charge in [0.15, 0.2) is 23.9 Å². The van der Waals surface area contributed by atoms with Crippen molar-refractivity contribution in [2.24, 2.45) is 44.8 Å². The smallest absolute Gasteiger partial charge is 0.481 e. The number of alkyl carbamates (subject to hydrolysis) is 1. The Morgan fingerprint density at radius 1 is 0.960 bits per heavy atom. The second-order valence-corrected chi connectivity index (χ2v) is 18.1. The summed E-state index contributed by atoms with van der Waals surface area (Å²) in [6, 6.07) is 0. The second kappa shape index (κ2) is 11.8. The van der Waals surface area contributed by atoms with E-state index in [-0.39, 0.29) is 52.7 Å². The number of hydrogen-bond acceptors (Lipinski definition) is 9. The Bertz CT molecular complexity index is 1690. The zero-order valence-corrected chi connectivity index (χ0v) is 31.2. The van der Waals surface area contributed by atoms with Gasteiger partial charge in [-0.3, -0.25) is 14.4 Å².